The molecule has 0 atom stereocenters. The van der Waals surface area contributed by atoms with Gasteiger partial charge in [-0.3, -0.25) is 0 Å². The van der Waals surface area contributed by atoms with Crippen LogP contribution in [0.15, 0.2) is 21.1 Å². The van der Waals surface area contributed by atoms with E-state index in [2.05, 4.69) is 49.3 Å². The Hall–Kier alpha value is -0.100. The van der Waals surface area contributed by atoms with Crippen molar-refractivity contribution in [2.24, 2.45) is 0 Å². The summed E-state index contributed by atoms with van der Waals surface area (Å²) >= 11 is 7.03. The standard InChI is InChI=1S/C13H17Br2NO2/c1-17-10-5-9(6-10)16-7-8-3-11(14)13(18-2)12(15)4-8/h3-4,9-10,16H,5-7H2,1-2H3. The molecule has 1 saturated carbocycles. The lowest BCUT2D eigenvalue weighted by Crippen LogP contribution is -2.44. The average Bonchev–Trinajstić information content (AvgIpc) is 2.27. The Bertz CT molecular complexity index is 396. The first-order valence-electron chi connectivity index (χ1n) is 5.92. The molecule has 0 radical (unpaired) electrons. The van der Waals surface area contributed by atoms with Gasteiger partial charge in [-0.05, 0) is 62.4 Å². The first-order valence-corrected chi connectivity index (χ1v) is 7.50. The van der Waals surface area contributed by atoms with Crippen LogP contribution < -0.4 is 10.1 Å². The molecule has 1 aromatic carbocycles. The molecule has 18 heavy (non-hydrogen) atoms. The number of ether oxygens (including phenoxy) is 2. The second-order valence-electron chi connectivity index (χ2n) is 4.50. The minimum atomic E-state index is 0.442. The van der Waals surface area contributed by atoms with E-state index in [4.69, 9.17) is 9.47 Å². The quantitative estimate of drug-likeness (QED) is 0.850. The monoisotopic (exact) mass is 377 g/mol. The summed E-state index contributed by atoms with van der Waals surface area (Å²) in [7, 11) is 3.45. The molecule has 1 aromatic rings. The zero-order valence-electron chi connectivity index (χ0n) is 10.5. The van der Waals surface area contributed by atoms with Crippen LogP contribution in [-0.4, -0.2) is 26.4 Å². The summed E-state index contributed by atoms with van der Waals surface area (Å²) in [6, 6.07) is 4.75. The van der Waals surface area contributed by atoms with E-state index in [1.165, 1.54) is 5.56 Å². The van der Waals surface area contributed by atoms with E-state index in [-0.39, 0.29) is 0 Å². The molecule has 0 aliphatic heterocycles. The average molecular weight is 379 g/mol. The van der Waals surface area contributed by atoms with Gasteiger partial charge in [0.2, 0.25) is 0 Å². The van der Waals surface area contributed by atoms with Gasteiger partial charge < -0.3 is 14.8 Å². The largest absolute Gasteiger partial charge is 0.494 e. The first kappa shape index (κ1) is 14.3. The SMILES string of the molecule is COc1c(Br)cc(CNC2CC(OC)C2)cc1Br. The molecule has 0 amide bonds. The Labute approximate surface area is 124 Å². The number of methoxy groups -OCH3 is 2. The van der Waals surface area contributed by atoms with Gasteiger partial charge in [-0.15, -0.1) is 0 Å². The third kappa shape index (κ3) is 3.26. The fraction of sp³-hybridized carbons (Fsp3) is 0.538. The fourth-order valence-electron chi connectivity index (χ4n) is 2.10. The van der Waals surface area contributed by atoms with Gasteiger partial charge in [0.25, 0.3) is 0 Å². The lowest BCUT2D eigenvalue weighted by Gasteiger charge is -2.34. The molecule has 2 rings (SSSR count). The van der Waals surface area contributed by atoms with Gasteiger partial charge >= 0.3 is 0 Å². The third-order valence-corrected chi connectivity index (χ3v) is 4.46. The maximum absolute atomic E-state index is 5.29. The van der Waals surface area contributed by atoms with Crippen molar-refractivity contribution in [1.29, 1.82) is 0 Å². The minimum absolute atomic E-state index is 0.442. The Morgan fingerprint density at radius 3 is 2.33 bits per heavy atom. The predicted molar refractivity (Wildman–Crippen MR) is 79.1 cm³/mol. The smallest absolute Gasteiger partial charge is 0.147 e. The molecule has 1 aliphatic rings. The maximum Gasteiger partial charge on any atom is 0.147 e. The summed E-state index contributed by atoms with van der Waals surface area (Å²) in [4.78, 5) is 0. The normalized spacial score (nSPS) is 22.7. The summed E-state index contributed by atoms with van der Waals surface area (Å²) in [5, 5.41) is 3.53. The summed E-state index contributed by atoms with van der Waals surface area (Å²) in [6.45, 7) is 0.863. The highest BCUT2D eigenvalue weighted by Gasteiger charge is 2.28. The molecule has 0 bridgehead atoms. The van der Waals surface area contributed by atoms with E-state index in [0.29, 0.717) is 12.1 Å². The zero-order valence-corrected chi connectivity index (χ0v) is 13.7. The van der Waals surface area contributed by atoms with Crippen molar-refractivity contribution in [1.82, 2.24) is 5.32 Å². The maximum atomic E-state index is 5.29. The van der Waals surface area contributed by atoms with Gasteiger partial charge in [0, 0.05) is 19.7 Å². The lowest BCUT2D eigenvalue weighted by molar-refractivity contribution is 0.0170. The van der Waals surface area contributed by atoms with Crippen LogP contribution >= 0.6 is 31.9 Å². The van der Waals surface area contributed by atoms with Crippen LogP contribution in [0.2, 0.25) is 0 Å². The van der Waals surface area contributed by atoms with Gasteiger partial charge in [-0.25, -0.2) is 0 Å². The molecular weight excluding hydrogens is 362 g/mol. The van der Waals surface area contributed by atoms with Gasteiger partial charge in [-0.2, -0.15) is 0 Å². The number of benzene rings is 1. The second kappa shape index (κ2) is 6.37. The molecule has 3 nitrogen and oxygen atoms in total. The van der Waals surface area contributed by atoms with E-state index >= 15 is 0 Å². The zero-order chi connectivity index (χ0) is 13.1. The molecule has 0 spiro atoms. The first-order chi connectivity index (χ1) is 8.63. The number of hydrogen-bond donors (Lipinski definition) is 1. The molecular formula is C13H17Br2NO2. The minimum Gasteiger partial charge on any atom is -0.494 e. The van der Waals surface area contributed by atoms with E-state index in [9.17, 15) is 0 Å². The molecule has 0 unspecified atom stereocenters. The molecule has 1 N–H and O–H groups in total. The predicted octanol–water partition coefficient (Wildman–Crippen LogP) is 3.49. The molecule has 1 fully saturated rings. The molecule has 0 saturated heterocycles. The van der Waals surface area contributed by atoms with E-state index < -0.39 is 0 Å². The van der Waals surface area contributed by atoms with Gasteiger partial charge in [0.15, 0.2) is 0 Å². The molecule has 1 aliphatic carbocycles. The van der Waals surface area contributed by atoms with Crippen molar-refractivity contribution in [2.75, 3.05) is 14.2 Å². The third-order valence-electron chi connectivity index (χ3n) is 3.29. The molecule has 0 aromatic heterocycles. The highest BCUT2D eigenvalue weighted by atomic mass is 79.9. The second-order valence-corrected chi connectivity index (χ2v) is 6.21. The van der Waals surface area contributed by atoms with Gasteiger partial charge in [0.05, 0.1) is 22.2 Å². The van der Waals surface area contributed by atoms with E-state index in [0.717, 1.165) is 34.1 Å². The van der Waals surface area contributed by atoms with Crippen LogP contribution in [0.5, 0.6) is 5.75 Å². The lowest BCUT2D eigenvalue weighted by atomic mass is 9.89. The molecule has 5 heteroatoms. The topological polar surface area (TPSA) is 30.5 Å². The van der Waals surface area contributed by atoms with Crippen LogP contribution in [0.4, 0.5) is 0 Å². The summed E-state index contributed by atoms with van der Waals surface area (Å²) in [5.41, 5.74) is 1.23. The van der Waals surface area contributed by atoms with Crippen LogP contribution in [0.25, 0.3) is 0 Å². The summed E-state index contributed by atoms with van der Waals surface area (Å²) in [5.74, 6) is 0.835. The van der Waals surface area contributed by atoms with Crippen molar-refractivity contribution < 1.29 is 9.47 Å². The van der Waals surface area contributed by atoms with Crippen molar-refractivity contribution in [3.05, 3.63) is 26.6 Å². The summed E-state index contributed by atoms with van der Waals surface area (Å²) < 4.78 is 12.5. The molecule has 100 valence electrons. The van der Waals surface area contributed by atoms with E-state index in [1.807, 2.05) is 0 Å². The molecule has 0 heterocycles. The Kier molecular flexibility index (Phi) is 5.06. The van der Waals surface area contributed by atoms with Crippen LogP contribution in [0.3, 0.4) is 0 Å². The Morgan fingerprint density at radius 2 is 1.83 bits per heavy atom. The van der Waals surface area contributed by atoms with Crippen LogP contribution in [0.1, 0.15) is 18.4 Å². The van der Waals surface area contributed by atoms with Gasteiger partial charge in [0.1, 0.15) is 5.75 Å². The van der Waals surface area contributed by atoms with Crippen molar-refractivity contribution in [3.63, 3.8) is 0 Å². The van der Waals surface area contributed by atoms with Crippen molar-refractivity contribution in [3.8, 4) is 5.75 Å². The number of rotatable bonds is 5. The van der Waals surface area contributed by atoms with Crippen molar-refractivity contribution >= 4 is 31.9 Å². The highest BCUT2D eigenvalue weighted by molar-refractivity contribution is 9.11. The van der Waals surface area contributed by atoms with Crippen LogP contribution in [-0.2, 0) is 11.3 Å². The summed E-state index contributed by atoms with van der Waals surface area (Å²) in [6.07, 6.45) is 2.65. The highest BCUT2D eigenvalue weighted by Crippen LogP contribution is 2.34. The van der Waals surface area contributed by atoms with Crippen molar-refractivity contribution in [2.45, 2.75) is 31.5 Å². The van der Waals surface area contributed by atoms with Crippen LogP contribution in [0, 0.1) is 0 Å². The van der Waals surface area contributed by atoms with Gasteiger partial charge in [-0.1, -0.05) is 0 Å². The Morgan fingerprint density at radius 1 is 1.22 bits per heavy atom. The number of halogens is 2. The fourth-order valence-corrected chi connectivity index (χ4v) is 3.70. The number of hydrogen-bond acceptors (Lipinski definition) is 3. The van der Waals surface area contributed by atoms with E-state index in [1.54, 1.807) is 14.2 Å². The number of nitrogens with one attached hydrogen (secondary N) is 1. The Balaban J connectivity index is 1.90.